The molecule has 1 aliphatic heterocycles. The molecule has 134 valence electrons. The summed E-state index contributed by atoms with van der Waals surface area (Å²) in [4.78, 5) is 22.0. The molecule has 1 aliphatic rings. The van der Waals surface area contributed by atoms with Gasteiger partial charge < -0.3 is 14.5 Å². The number of morpholine rings is 1. The number of rotatable bonds is 4. The molecule has 0 N–H and O–H groups in total. The fourth-order valence-corrected chi connectivity index (χ4v) is 3.16. The number of hydrogen-bond acceptors (Lipinski definition) is 7. The van der Waals surface area contributed by atoms with Crippen molar-refractivity contribution in [1.82, 2.24) is 19.9 Å². The number of ether oxygens (including phenoxy) is 1. The number of hydrogen-bond donors (Lipinski definition) is 0. The Labute approximate surface area is 156 Å². The number of aromatic nitrogens is 4. The van der Waals surface area contributed by atoms with Crippen molar-refractivity contribution in [2.24, 2.45) is 0 Å². The number of fused-ring (bicyclic) bond motifs is 1. The molecule has 1 saturated heterocycles. The highest BCUT2D eigenvalue weighted by Gasteiger charge is 2.19. The molecule has 1 fully saturated rings. The van der Waals surface area contributed by atoms with E-state index in [0.717, 1.165) is 18.9 Å². The molecule has 1 aromatic carbocycles. The van der Waals surface area contributed by atoms with Crippen molar-refractivity contribution in [3.8, 4) is 0 Å². The van der Waals surface area contributed by atoms with Gasteiger partial charge in [-0.1, -0.05) is 30.3 Å². The summed E-state index contributed by atoms with van der Waals surface area (Å²) in [6.45, 7) is 3.54. The van der Waals surface area contributed by atoms with Crippen LogP contribution in [0.5, 0.6) is 0 Å². The smallest absolute Gasteiger partial charge is 0.226 e. The highest BCUT2D eigenvalue weighted by Crippen LogP contribution is 2.26. The van der Waals surface area contributed by atoms with Gasteiger partial charge in [0.2, 0.25) is 11.2 Å². The minimum Gasteiger partial charge on any atom is -0.378 e. The fraction of sp³-hybridized carbons (Fsp3) is 0.333. The second-order valence-corrected chi connectivity index (χ2v) is 6.50. The Bertz CT molecular complexity index is 901. The summed E-state index contributed by atoms with van der Waals surface area (Å²) >= 11 is 6.11. The first-order chi connectivity index (χ1) is 12.7. The molecular formula is C18H19ClN6O. The van der Waals surface area contributed by atoms with Gasteiger partial charge >= 0.3 is 0 Å². The zero-order valence-corrected chi connectivity index (χ0v) is 15.2. The second-order valence-electron chi connectivity index (χ2n) is 6.16. The predicted molar refractivity (Wildman–Crippen MR) is 102 cm³/mol. The van der Waals surface area contributed by atoms with E-state index in [4.69, 9.17) is 21.3 Å². The van der Waals surface area contributed by atoms with E-state index >= 15 is 0 Å². The summed E-state index contributed by atoms with van der Waals surface area (Å²) in [5, 5.41) is 0.202. The predicted octanol–water partition coefficient (Wildman–Crippen LogP) is 2.55. The van der Waals surface area contributed by atoms with Crippen molar-refractivity contribution in [3.05, 3.63) is 47.4 Å². The van der Waals surface area contributed by atoms with Crippen LogP contribution in [0.3, 0.4) is 0 Å². The van der Waals surface area contributed by atoms with Crippen molar-refractivity contribution in [3.63, 3.8) is 0 Å². The first-order valence-corrected chi connectivity index (χ1v) is 8.86. The monoisotopic (exact) mass is 370 g/mol. The van der Waals surface area contributed by atoms with Gasteiger partial charge in [0.05, 0.1) is 19.4 Å². The Kier molecular flexibility index (Phi) is 4.81. The van der Waals surface area contributed by atoms with Gasteiger partial charge in [-0.15, -0.1) is 0 Å². The normalized spacial score (nSPS) is 14.6. The van der Waals surface area contributed by atoms with Crippen molar-refractivity contribution in [1.29, 1.82) is 0 Å². The minimum absolute atomic E-state index is 0.202. The van der Waals surface area contributed by atoms with Gasteiger partial charge in [-0.2, -0.15) is 4.98 Å². The lowest BCUT2D eigenvalue weighted by Gasteiger charge is -2.28. The maximum atomic E-state index is 6.11. The van der Waals surface area contributed by atoms with E-state index in [0.29, 0.717) is 36.7 Å². The van der Waals surface area contributed by atoms with Crippen molar-refractivity contribution < 1.29 is 4.74 Å². The first kappa shape index (κ1) is 16.9. The molecule has 4 rings (SSSR count). The Hall–Kier alpha value is -2.51. The van der Waals surface area contributed by atoms with E-state index in [-0.39, 0.29) is 5.28 Å². The largest absolute Gasteiger partial charge is 0.378 e. The van der Waals surface area contributed by atoms with Crippen molar-refractivity contribution in [2.75, 3.05) is 43.2 Å². The third kappa shape index (κ3) is 3.54. The Morgan fingerprint density at radius 2 is 1.88 bits per heavy atom. The number of benzene rings is 1. The summed E-state index contributed by atoms with van der Waals surface area (Å²) in [5.74, 6) is 1.36. The van der Waals surface area contributed by atoms with E-state index in [1.54, 1.807) is 6.20 Å². The molecule has 0 saturated carbocycles. The van der Waals surface area contributed by atoms with Gasteiger partial charge in [-0.05, 0) is 17.2 Å². The van der Waals surface area contributed by atoms with Crippen LogP contribution in [-0.4, -0.2) is 53.3 Å². The zero-order valence-electron chi connectivity index (χ0n) is 14.5. The zero-order chi connectivity index (χ0) is 17.9. The van der Waals surface area contributed by atoms with Crippen LogP contribution in [0.1, 0.15) is 5.56 Å². The molecule has 0 atom stereocenters. The Morgan fingerprint density at radius 1 is 1.12 bits per heavy atom. The van der Waals surface area contributed by atoms with Gasteiger partial charge in [-0.3, -0.25) is 0 Å². The molecule has 2 aromatic heterocycles. The summed E-state index contributed by atoms with van der Waals surface area (Å²) in [6.07, 6.45) is 1.71. The van der Waals surface area contributed by atoms with Gasteiger partial charge in [0.25, 0.3) is 0 Å². The molecule has 8 heteroatoms. The topological polar surface area (TPSA) is 67.3 Å². The van der Waals surface area contributed by atoms with Crippen LogP contribution in [0.15, 0.2) is 36.5 Å². The number of anilines is 2. The number of halogens is 1. The molecule has 7 nitrogen and oxygen atoms in total. The molecule has 3 aromatic rings. The third-order valence-corrected chi connectivity index (χ3v) is 4.46. The minimum atomic E-state index is 0.202. The standard InChI is InChI=1S/C18H19ClN6O/c1-24(12-13-5-3-2-4-6-13)18-20-11-14-15(22-18)16(23-17(19)21-14)25-7-9-26-10-8-25/h2-6,11H,7-10,12H2,1H3. The van der Waals surface area contributed by atoms with Crippen LogP contribution < -0.4 is 9.80 Å². The van der Waals surface area contributed by atoms with E-state index in [1.807, 2.05) is 30.1 Å². The maximum absolute atomic E-state index is 6.11. The summed E-state index contributed by atoms with van der Waals surface area (Å²) < 4.78 is 5.43. The summed E-state index contributed by atoms with van der Waals surface area (Å²) in [6, 6.07) is 10.2. The van der Waals surface area contributed by atoms with E-state index in [9.17, 15) is 0 Å². The number of nitrogens with zero attached hydrogens (tertiary/aromatic N) is 6. The molecule has 0 aliphatic carbocycles. The van der Waals surface area contributed by atoms with Crippen LogP contribution in [0.2, 0.25) is 5.28 Å². The lowest BCUT2D eigenvalue weighted by Crippen LogP contribution is -2.37. The van der Waals surface area contributed by atoms with Crippen molar-refractivity contribution in [2.45, 2.75) is 6.54 Å². The van der Waals surface area contributed by atoms with Gasteiger partial charge in [0, 0.05) is 26.7 Å². The Balaban J connectivity index is 1.70. The van der Waals surface area contributed by atoms with E-state index in [2.05, 4.69) is 32.0 Å². The highest BCUT2D eigenvalue weighted by atomic mass is 35.5. The Morgan fingerprint density at radius 3 is 2.65 bits per heavy atom. The van der Waals surface area contributed by atoms with Gasteiger partial charge in [-0.25, -0.2) is 15.0 Å². The van der Waals surface area contributed by atoms with Crippen LogP contribution in [0.4, 0.5) is 11.8 Å². The lowest BCUT2D eigenvalue weighted by molar-refractivity contribution is 0.122. The molecule has 3 heterocycles. The molecule has 0 spiro atoms. The van der Waals surface area contributed by atoms with Crippen LogP contribution in [0, 0.1) is 0 Å². The highest BCUT2D eigenvalue weighted by molar-refractivity contribution is 6.28. The third-order valence-electron chi connectivity index (χ3n) is 4.29. The summed E-state index contributed by atoms with van der Waals surface area (Å²) in [5.41, 5.74) is 2.55. The van der Waals surface area contributed by atoms with Crippen molar-refractivity contribution >= 4 is 34.4 Å². The molecular weight excluding hydrogens is 352 g/mol. The summed E-state index contributed by atoms with van der Waals surface area (Å²) in [7, 11) is 1.97. The van der Waals surface area contributed by atoms with Crippen LogP contribution in [-0.2, 0) is 11.3 Å². The molecule has 0 unspecified atom stereocenters. The average molecular weight is 371 g/mol. The SMILES string of the molecule is CN(Cc1ccccc1)c1ncc2nc(Cl)nc(N3CCOCC3)c2n1. The molecule has 0 radical (unpaired) electrons. The molecule has 0 amide bonds. The van der Waals surface area contributed by atoms with E-state index < -0.39 is 0 Å². The van der Waals surface area contributed by atoms with Gasteiger partial charge in [0.15, 0.2) is 5.82 Å². The fourth-order valence-electron chi connectivity index (χ4n) is 2.98. The van der Waals surface area contributed by atoms with Crippen LogP contribution in [0.25, 0.3) is 11.0 Å². The lowest BCUT2D eigenvalue weighted by atomic mass is 10.2. The first-order valence-electron chi connectivity index (χ1n) is 8.49. The molecule has 26 heavy (non-hydrogen) atoms. The quantitative estimate of drug-likeness (QED) is 0.654. The van der Waals surface area contributed by atoms with Gasteiger partial charge in [0.1, 0.15) is 11.0 Å². The van der Waals surface area contributed by atoms with E-state index in [1.165, 1.54) is 5.56 Å². The second kappa shape index (κ2) is 7.39. The average Bonchev–Trinajstić information content (AvgIpc) is 2.68. The molecule has 0 bridgehead atoms. The maximum Gasteiger partial charge on any atom is 0.226 e. The van der Waals surface area contributed by atoms with Crippen LogP contribution >= 0.6 is 11.6 Å².